The van der Waals surface area contributed by atoms with Gasteiger partial charge < -0.3 is 9.84 Å². The fourth-order valence-electron chi connectivity index (χ4n) is 4.46. The van der Waals surface area contributed by atoms with Gasteiger partial charge >= 0.3 is 5.97 Å². The van der Waals surface area contributed by atoms with Crippen molar-refractivity contribution in [3.63, 3.8) is 0 Å². The van der Waals surface area contributed by atoms with Crippen molar-refractivity contribution in [3.05, 3.63) is 112 Å². The molecule has 0 fully saturated rings. The van der Waals surface area contributed by atoms with Gasteiger partial charge in [0, 0.05) is 11.1 Å². The number of ether oxygens (including phenoxy) is 1. The van der Waals surface area contributed by atoms with E-state index in [1.807, 2.05) is 60.1 Å². The van der Waals surface area contributed by atoms with Crippen molar-refractivity contribution in [3.8, 4) is 11.8 Å². The number of nitrogens with zero attached hydrogens (tertiary/aromatic N) is 2. The van der Waals surface area contributed by atoms with Gasteiger partial charge in [0.05, 0.1) is 16.6 Å². The molecular formula is C27H20N2O5S2. The standard InChI is InChI=1S/C27H20N2O5S2/c28-16-24-22(14-15-35-24)26-21-8-4-5-9-23(21)29(27(26)18-6-2-1-3-7-18)36(32,33)20-12-10-19(11-13-20)34-17-25(30)31/h1-6,8-15,23H,7,17H2,(H,30,31). The van der Waals surface area contributed by atoms with Gasteiger partial charge in [0.15, 0.2) is 6.61 Å². The molecule has 2 heterocycles. The van der Waals surface area contributed by atoms with Crippen LogP contribution in [-0.4, -0.2) is 36.4 Å². The average Bonchev–Trinajstić information content (AvgIpc) is 3.50. The minimum atomic E-state index is -4.06. The monoisotopic (exact) mass is 516 g/mol. The second kappa shape index (κ2) is 9.49. The van der Waals surface area contributed by atoms with E-state index in [2.05, 4.69) is 6.07 Å². The molecule has 2 aromatic rings. The predicted octanol–water partition coefficient (Wildman–Crippen LogP) is 4.81. The first kappa shape index (κ1) is 23.6. The van der Waals surface area contributed by atoms with Crippen molar-refractivity contribution in [1.29, 1.82) is 5.26 Å². The number of thiophene rings is 1. The van der Waals surface area contributed by atoms with Crippen LogP contribution >= 0.6 is 11.3 Å². The number of aliphatic carboxylic acids is 1. The van der Waals surface area contributed by atoms with Crippen molar-refractivity contribution in [2.75, 3.05) is 6.61 Å². The molecule has 1 aliphatic heterocycles. The smallest absolute Gasteiger partial charge is 0.341 e. The Kier molecular flexibility index (Phi) is 6.22. The maximum absolute atomic E-state index is 14.2. The Bertz CT molecular complexity index is 1560. The molecule has 1 aromatic heterocycles. The van der Waals surface area contributed by atoms with Gasteiger partial charge in [0.25, 0.3) is 10.0 Å². The van der Waals surface area contributed by atoms with Gasteiger partial charge in [-0.25, -0.2) is 13.2 Å². The Balaban J connectivity index is 1.67. The van der Waals surface area contributed by atoms with Crippen molar-refractivity contribution in [2.45, 2.75) is 17.4 Å². The number of nitriles is 1. The molecule has 5 rings (SSSR count). The van der Waals surface area contributed by atoms with Crippen LogP contribution < -0.4 is 4.74 Å². The lowest BCUT2D eigenvalue weighted by molar-refractivity contribution is -0.139. The number of carbonyl (C=O) groups is 1. The quantitative estimate of drug-likeness (QED) is 0.591. The molecule has 0 saturated heterocycles. The highest BCUT2D eigenvalue weighted by atomic mass is 32.2. The summed E-state index contributed by atoms with van der Waals surface area (Å²) < 4.78 is 34.9. The number of rotatable bonds is 6. The maximum Gasteiger partial charge on any atom is 0.341 e. The summed E-state index contributed by atoms with van der Waals surface area (Å²) in [6.45, 7) is -0.522. The fourth-order valence-corrected chi connectivity index (χ4v) is 6.78. The SMILES string of the molecule is N#Cc1sccc1C1=C2C=CC=CC2N(S(=O)(=O)c2ccc(OCC(=O)O)cc2)C1=C1C=CC=CC1. The van der Waals surface area contributed by atoms with Gasteiger partial charge in [-0.1, -0.05) is 48.6 Å². The molecule has 3 aliphatic rings. The van der Waals surface area contributed by atoms with Gasteiger partial charge in [-0.2, -0.15) is 5.26 Å². The topological polar surface area (TPSA) is 108 Å². The van der Waals surface area contributed by atoms with E-state index in [1.54, 1.807) is 0 Å². The van der Waals surface area contributed by atoms with E-state index in [4.69, 9.17) is 9.84 Å². The molecule has 0 spiro atoms. The van der Waals surface area contributed by atoms with E-state index in [1.165, 1.54) is 39.9 Å². The lowest BCUT2D eigenvalue weighted by atomic mass is 9.92. The molecule has 7 nitrogen and oxygen atoms in total. The van der Waals surface area contributed by atoms with Crippen LogP contribution in [0.15, 0.2) is 106 Å². The zero-order valence-corrected chi connectivity index (χ0v) is 20.5. The first-order chi connectivity index (χ1) is 17.4. The highest BCUT2D eigenvalue weighted by molar-refractivity contribution is 7.89. The van der Waals surface area contributed by atoms with E-state index in [0.717, 1.165) is 16.7 Å². The first-order valence-corrected chi connectivity index (χ1v) is 13.4. The molecule has 1 atom stereocenters. The fraction of sp³-hybridized carbons (Fsp3) is 0.111. The molecule has 9 heteroatoms. The first-order valence-electron chi connectivity index (χ1n) is 11.0. The number of carboxylic acid groups (broad SMARTS) is 1. The number of hydrogen-bond donors (Lipinski definition) is 1. The van der Waals surface area contributed by atoms with Crippen LogP contribution in [0, 0.1) is 11.3 Å². The van der Waals surface area contributed by atoms with E-state index in [0.29, 0.717) is 22.6 Å². The Morgan fingerprint density at radius 3 is 2.61 bits per heavy atom. The lowest BCUT2D eigenvalue weighted by Crippen LogP contribution is -2.36. The summed E-state index contributed by atoms with van der Waals surface area (Å²) >= 11 is 1.32. The summed E-state index contributed by atoms with van der Waals surface area (Å²) in [6, 6.07) is 9.25. The molecule has 0 saturated carbocycles. The molecule has 36 heavy (non-hydrogen) atoms. The molecule has 0 amide bonds. The molecule has 1 N–H and O–H groups in total. The second-order valence-corrected chi connectivity index (χ2v) is 10.8. The summed E-state index contributed by atoms with van der Waals surface area (Å²) in [6.07, 6.45) is 15.6. The Morgan fingerprint density at radius 1 is 1.14 bits per heavy atom. The van der Waals surface area contributed by atoms with Gasteiger partial charge in [-0.15, -0.1) is 11.3 Å². The maximum atomic E-state index is 14.2. The van der Waals surface area contributed by atoms with Gasteiger partial charge in [-0.3, -0.25) is 4.31 Å². The predicted molar refractivity (Wildman–Crippen MR) is 137 cm³/mol. The van der Waals surface area contributed by atoms with Crippen molar-refractivity contribution in [2.24, 2.45) is 0 Å². The molecule has 0 radical (unpaired) electrons. The third-order valence-electron chi connectivity index (χ3n) is 5.96. The second-order valence-electron chi connectivity index (χ2n) is 8.11. The zero-order valence-electron chi connectivity index (χ0n) is 18.9. The van der Waals surface area contributed by atoms with E-state index in [9.17, 15) is 18.5 Å². The van der Waals surface area contributed by atoms with Crippen LogP contribution in [0.25, 0.3) is 5.57 Å². The van der Waals surface area contributed by atoms with Crippen LogP contribution in [0.5, 0.6) is 5.75 Å². The lowest BCUT2D eigenvalue weighted by Gasteiger charge is -2.29. The molecule has 1 aromatic carbocycles. The third kappa shape index (κ3) is 4.11. The van der Waals surface area contributed by atoms with E-state index >= 15 is 0 Å². The van der Waals surface area contributed by atoms with Crippen LogP contribution in [0.1, 0.15) is 16.9 Å². The summed E-state index contributed by atoms with van der Waals surface area (Å²) in [5.41, 5.74) is 3.63. The summed E-state index contributed by atoms with van der Waals surface area (Å²) in [5, 5.41) is 20.4. The Hall–Kier alpha value is -4.13. The summed E-state index contributed by atoms with van der Waals surface area (Å²) in [4.78, 5) is 11.4. The third-order valence-corrected chi connectivity index (χ3v) is 8.58. The van der Waals surface area contributed by atoms with Crippen LogP contribution in [0.3, 0.4) is 0 Å². The number of hydrogen-bond acceptors (Lipinski definition) is 6. The number of fused-ring (bicyclic) bond motifs is 1. The number of benzene rings is 1. The summed E-state index contributed by atoms with van der Waals surface area (Å²) in [5.74, 6) is -0.864. The minimum absolute atomic E-state index is 0.0491. The van der Waals surface area contributed by atoms with Crippen molar-refractivity contribution < 1.29 is 23.1 Å². The molecule has 2 aliphatic carbocycles. The van der Waals surface area contributed by atoms with Crippen molar-refractivity contribution >= 4 is 32.9 Å². The highest BCUT2D eigenvalue weighted by Crippen LogP contribution is 2.48. The molecular weight excluding hydrogens is 496 g/mol. The zero-order chi connectivity index (χ0) is 25.3. The molecule has 180 valence electrons. The normalized spacial score (nSPS) is 20.5. The van der Waals surface area contributed by atoms with Gasteiger partial charge in [-0.05, 0) is 53.3 Å². The van der Waals surface area contributed by atoms with Crippen LogP contribution in [0.2, 0.25) is 0 Å². The highest BCUT2D eigenvalue weighted by Gasteiger charge is 2.44. The number of carboxylic acids is 1. The van der Waals surface area contributed by atoms with E-state index in [-0.39, 0.29) is 10.6 Å². The minimum Gasteiger partial charge on any atom is -0.482 e. The van der Waals surface area contributed by atoms with Crippen LogP contribution in [0.4, 0.5) is 0 Å². The summed E-state index contributed by atoms with van der Waals surface area (Å²) in [7, 11) is -4.06. The molecule has 0 bridgehead atoms. The number of sulfonamides is 1. The molecule has 1 unspecified atom stereocenters. The largest absolute Gasteiger partial charge is 0.482 e. The van der Waals surface area contributed by atoms with Gasteiger partial charge in [0.1, 0.15) is 16.7 Å². The van der Waals surface area contributed by atoms with Crippen LogP contribution in [-0.2, 0) is 14.8 Å². The average molecular weight is 517 g/mol. The van der Waals surface area contributed by atoms with E-state index < -0.39 is 28.6 Å². The number of allylic oxidation sites excluding steroid dienone is 8. The van der Waals surface area contributed by atoms with Gasteiger partial charge in [0.2, 0.25) is 0 Å². The Labute approximate surface area is 212 Å². The van der Waals surface area contributed by atoms with Crippen molar-refractivity contribution in [1.82, 2.24) is 4.31 Å². The Morgan fingerprint density at radius 2 is 1.92 bits per heavy atom.